The molecule has 114 valence electrons. The fraction of sp³-hybridized carbons (Fsp3) is 0.333. The maximum absolute atomic E-state index is 11.7. The summed E-state index contributed by atoms with van der Waals surface area (Å²) in [6.45, 7) is 3.30. The molecule has 0 aliphatic heterocycles. The van der Waals surface area contributed by atoms with Crippen LogP contribution in [-0.4, -0.2) is 17.4 Å². The highest BCUT2D eigenvalue weighted by molar-refractivity contribution is 5.94. The molecule has 4 nitrogen and oxygen atoms in total. The zero-order valence-corrected chi connectivity index (χ0v) is 12.9. The topological polar surface area (TPSA) is 54.0 Å². The molecule has 0 unspecified atom stereocenters. The highest BCUT2D eigenvalue weighted by Crippen LogP contribution is 2.22. The lowest BCUT2D eigenvalue weighted by atomic mass is 10.1. The number of anilines is 1. The molecule has 2 N–H and O–H groups in total. The van der Waals surface area contributed by atoms with Gasteiger partial charge in [0.15, 0.2) is 0 Å². The smallest absolute Gasteiger partial charge is 0.251 e. The van der Waals surface area contributed by atoms with Gasteiger partial charge in [0.05, 0.1) is 11.9 Å². The van der Waals surface area contributed by atoms with Gasteiger partial charge in [0.1, 0.15) is 0 Å². The normalized spacial score (nSPS) is 12.8. The average Bonchev–Trinajstić information content (AvgIpc) is 3.01. The number of rotatable bonds is 5. The van der Waals surface area contributed by atoms with Gasteiger partial charge in [0.25, 0.3) is 5.91 Å². The fourth-order valence-corrected chi connectivity index (χ4v) is 2.76. The minimum atomic E-state index is -0.0233. The molecule has 2 aromatic rings. The van der Waals surface area contributed by atoms with Crippen molar-refractivity contribution in [3.8, 4) is 0 Å². The van der Waals surface area contributed by atoms with Crippen LogP contribution >= 0.6 is 0 Å². The molecule has 1 aromatic heterocycles. The summed E-state index contributed by atoms with van der Waals surface area (Å²) in [6.07, 6.45) is 5.37. The lowest BCUT2D eigenvalue weighted by Gasteiger charge is -2.09. The van der Waals surface area contributed by atoms with Crippen LogP contribution in [0.1, 0.15) is 40.5 Å². The number of fused-ring (bicyclic) bond motifs is 1. The van der Waals surface area contributed by atoms with E-state index in [9.17, 15) is 4.79 Å². The molecule has 1 aliphatic carbocycles. The van der Waals surface area contributed by atoms with Crippen molar-refractivity contribution in [2.45, 2.75) is 32.7 Å². The molecule has 3 rings (SSSR count). The number of benzene rings is 1. The molecule has 0 saturated carbocycles. The van der Waals surface area contributed by atoms with E-state index in [1.807, 2.05) is 37.4 Å². The Morgan fingerprint density at radius 2 is 2.05 bits per heavy atom. The first kappa shape index (κ1) is 14.6. The second kappa shape index (κ2) is 6.60. The maximum Gasteiger partial charge on any atom is 0.251 e. The van der Waals surface area contributed by atoms with E-state index in [1.54, 1.807) is 0 Å². The van der Waals surface area contributed by atoms with E-state index < -0.39 is 0 Å². The van der Waals surface area contributed by atoms with E-state index in [0.29, 0.717) is 12.1 Å². The first-order valence-electron chi connectivity index (χ1n) is 7.85. The Morgan fingerprint density at radius 3 is 2.82 bits per heavy atom. The summed E-state index contributed by atoms with van der Waals surface area (Å²) in [7, 11) is 0. The molecule has 0 radical (unpaired) electrons. The Kier molecular flexibility index (Phi) is 4.37. The van der Waals surface area contributed by atoms with Gasteiger partial charge in [0, 0.05) is 24.3 Å². The van der Waals surface area contributed by atoms with Crippen molar-refractivity contribution in [3.63, 3.8) is 0 Å². The van der Waals surface area contributed by atoms with Crippen LogP contribution < -0.4 is 10.6 Å². The number of pyridine rings is 1. The van der Waals surface area contributed by atoms with Crippen molar-refractivity contribution in [3.05, 3.63) is 58.9 Å². The van der Waals surface area contributed by atoms with E-state index >= 15 is 0 Å². The number of aryl methyl sites for hydroxylation is 2. The third kappa shape index (κ3) is 3.27. The summed E-state index contributed by atoms with van der Waals surface area (Å²) in [4.78, 5) is 16.2. The predicted octanol–water partition coefficient (Wildman–Crippen LogP) is 2.93. The standard InChI is InChI=1S/C18H21N3O/c1-2-19-18(22)14-8-6-13(7-9-14)11-20-16-10-15-4-3-5-17(15)21-12-16/h6-10,12,20H,2-5,11H2,1H3,(H,19,22). The van der Waals surface area contributed by atoms with Gasteiger partial charge in [-0.15, -0.1) is 0 Å². The van der Waals surface area contributed by atoms with Crippen molar-refractivity contribution in [1.29, 1.82) is 0 Å². The van der Waals surface area contributed by atoms with E-state index in [4.69, 9.17) is 0 Å². The molecule has 0 bridgehead atoms. The lowest BCUT2D eigenvalue weighted by molar-refractivity contribution is 0.0956. The zero-order valence-electron chi connectivity index (χ0n) is 12.9. The summed E-state index contributed by atoms with van der Waals surface area (Å²) in [6, 6.07) is 9.90. The summed E-state index contributed by atoms with van der Waals surface area (Å²) >= 11 is 0. The minimum absolute atomic E-state index is 0.0233. The van der Waals surface area contributed by atoms with E-state index in [1.165, 1.54) is 17.7 Å². The summed E-state index contributed by atoms with van der Waals surface area (Å²) in [5.74, 6) is -0.0233. The summed E-state index contributed by atoms with van der Waals surface area (Å²) in [5.41, 5.74) is 5.53. The molecule has 0 saturated heterocycles. The Balaban J connectivity index is 1.60. The van der Waals surface area contributed by atoms with Crippen molar-refractivity contribution in [2.24, 2.45) is 0 Å². The van der Waals surface area contributed by atoms with Crippen LogP contribution in [0.4, 0.5) is 5.69 Å². The fourth-order valence-electron chi connectivity index (χ4n) is 2.76. The van der Waals surface area contributed by atoms with Gasteiger partial charge in [-0.3, -0.25) is 9.78 Å². The van der Waals surface area contributed by atoms with Crippen LogP contribution in [0.5, 0.6) is 0 Å². The molecule has 22 heavy (non-hydrogen) atoms. The van der Waals surface area contributed by atoms with Crippen LogP contribution in [0, 0.1) is 0 Å². The number of nitrogens with one attached hydrogen (secondary N) is 2. The monoisotopic (exact) mass is 295 g/mol. The number of hydrogen-bond donors (Lipinski definition) is 2. The van der Waals surface area contributed by atoms with E-state index in [-0.39, 0.29) is 5.91 Å². The lowest BCUT2D eigenvalue weighted by Crippen LogP contribution is -2.22. The van der Waals surface area contributed by atoms with Gasteiger partial charge in [-0.05, 0) is 55.5 Å². The number of carbonyl (C=O) groups excluding carboxylic acids is 1. The molecule has 1 aromatic carbocycles. The number of nitrogens with zero attached hydrogens (tertiary/aromatic N) is 1. The quantitative estimate of drug-likeness (QED) is 0.891. The second-order valence-electron chi connectivity index (χ2n) is 5.59. The van der Waals surface area contributed by atoms with Crippen LogP contribution in [0.25, 0.3) is 0 Å². The number of hydrogen-bond acceptors (Lipinski definition) is 3. The summed E-state index contributed by atoms with van der Waals surface area (Å²) < 4.78 is 0. The maximum atomic E-state index is 11.7. The molecular weight excluding hydrogens is 274 g/mol. The third-order valence-electron chi connectivity index (χ3n) is 3.97. The Hall–Kier alpha value is -2.36. The van der Waals surface area contributed by atoms with Crippen molar-refractivity contribution in [2.75, 3.05) is 11.9 Å². The first-order valence-corrected chi connectivity index (χ1v) is 7.85. The van der Waals surface area contributed by atoms with Crippen molar-refractivity contribution < 1.29 is 4.79 Å². The van der Waals surface area contributed by atoms with Crippen LogP contribution in [0.2, 0.25) is 0 Å². The van der Waals surface area contributed by atoms with Gasteiger partial charge in [-0.2, -0.15) is 0 Å². The third-order valence-corrected chi connectivity index (χ3v) is 3.97. The zero-order chi connectivity index (χ0) is 15.4. The van der Waals surface area contributed by atoms with Crippen LogP contribution in [0.3, 0.4) is 0 Å². The molecule has 4 heteroatoms. The van der Waals surface area contributed by atoms with E-state index in [2.05, 4.69) is 21.7 Å². The largest absolute Gasteiger partial charge is 0.380 e. The van der Waals surface area contributed by atoms with Crippen molar-refractivity contribution in [1.82, 2.24) is 10.3 Å². The Bertz CT molecular complexity index is 665. The average molecular weight is 295 g/mol. The first-order chi connectivity index (χ1) is 10.8. The van der Waals surface area contributed by atoms with E-state index in [0.717, 1.165) is 30.6 Å². The SMILES string of the molecule is CCNC(=O)c1ccc(CNc2cnc3c(c2)CCC3)cc1. The van der Waals surface area contributed by atoms with Crippen LogP contribution in [-0.2, 0) is 19.4 Å². The van der Waals surface area contributed by atoms with Gasteiger partial charge in [-0.25, -0.2) is 0 Å². The Labute approximate surface area is 131 Å². The minimum Gasteiger partial charge on any atom is -0.380 e. The van der Waals surface area contributed by atoms with Gasteiger partial charge < -0.3 is 10.6 Å². The number of amides is 1. The van der Waals surface area contributed by atoms with Crippen LogP contribution in [0.15, 0.2) is 36.5 Å². The Morgan fingerprint density at radius 1 is 1.23 bits per heavy atom. The van der Waals surface area contributed by atoms with Gasteiger partial charge in [0.2, 0.25) is 0 Å². The highest BCUT2D eigenvalue weighted by atomic mass is 16.1. The molecule has 0 spiro atoms. The molecule has 1 aliphatic rings. The number of aromatic nitrogens is 1. The van der Waals surface area contributed by atoms with Gasteiger partial charge in [-0.1, -0.05) is 12.1 Å². The van der Waals surface area contributed by atoms with Crippen molar-refractivity contribution >= 4 is 11.6 Å². The molecule has 1 heterocycles. The molecule has 0 fully saturated rings. The molecule has 1 amide bonds. The summed E-state index contributed by atoms with van der Waals surface area (Å²) in [5, 5.41) is 6.20. The molecular formula is C18H21N3O. The predicted molar refractivity (Wildman–Crippen MR) is 88.0 cm³/mol. The molecule has 0 atom stereocenters. The van der Waals surface area contributed by atoms with Gasteiger partial charge >= 0.3 is 0 Å². The second-order valence-corrected chi connectivity index (χ2v) is 5.59. The highest BCUT2D eigenvalue weighted by Gasteiger charge is 2.12. The number of carbonyl (C=O) groups is 1.